The Balaban J connectivity index is 2.59. The number of benzene rings is 1. The van der Waals surface area contributed by atoms with Crippen LogP contribution in [0.15, 0.2) is 0 Å². The van der Waals surface area contributed by atoms with Crippen molar-refractivity contribution in [2.45, 2.75) is 53.5 Å². The summed E-state index contributed by atoms with van der Waals surface area (Å²) in [7, 11) is 0. The van der Waals surface area contributed by atoms with Crippen LogP contribution in [0.2, 0.25) is 0 Å². The summed E-state index contributed by atoms with van der Waals surface area (Å²) in [6, 6.07) is 0.262. The summed E-state index contributed by atoms with van der Waals surface area (Å²) in [6.07, 6.45) is 2.62. The van der Waals surface area contributed by atoms with Gasteiger partial charge in [-0.2, -0.15) is 0 Å². The van der Waals surface area contributed by atoms with E-state index in [4.69, 9.17) is 5.73 Å². The van der Waals surface area contributed by atoms with Crippen LogP contribution in [0.3, 0.4) is 0 Å². The molecule has 1 heteroatoms. The van der Waals surface area contributed by atoms with Gasteiger partial charge >= 0.3 is 0 Å². The second-order valence-corrected chi connectivity index (χ2v) is 5.40. The third kappa shape index (κ3) is 1.67. The first-order valence-corrected chi connectivity index (χ1v) is 6.27. The van der Waals surface area contributed by atoms with Gasteiger partial charge in [0.1, 0.15) is 0 Å². The molecular formula is C15H23N. The zero-order chi connectivity index (χ0) is 12.0. The third-order valence-electron chi connectivity index (χ3n) is 4.52. The quantitative estimate of drug-likeness (QED) is 0.804. The summed E-state index contributed by atoms with van der Waals surface area (Å²) in [4.78, 5) is 0. The van der Waals surface area contributed by atoms with Crippen molar-refractivity contribution in [2.24, 2.45) is 11.7 Å². The molecule has 0 aliphatic heterocycles. The molecule has 88 valence electrons. The lowest BCUT2D eigenvalue weighted by Gasteiger charge is -2.23. The highest BCUT2D eigenvalue weighted by atomic mass is 14.7. The van der Waals surface area contributed by atoms with Crippen LogP contribution < -0.4 is 5.73 Å². The summed E-state index contributed by atoms with van der Waals surface area (Å²) < 4.78 is 0. The second kappa shape index (κ2) is 3.89. The van der Waals surface area contributed by atoms with Crippen molar-refractivity contribution >= 4 is 0 Å². The van der Waals surface area contributed by atoms with E-state index < -0.39 is 0 Å². The van der Waals surface area contributed by atoms with Gasteiger partial charge in [-0.15, -0.1) is 0 Å². The minimum atomic E-state index is 0.262. The predicted octanol–water partition coefficient (Wildman–Crippen LogP) is 3.64. The lowest BCUT2D eigenvalue weighted by molar-refractivity contribution is 0.624. The van der Waals surface area contributed by atoms with Crippen LogP contribution >= 0.6 is 0 Å². The maximum Gasteiger partial charge on any atom is 0.0328 e. The van der Waals surface area contributed by atoms with Gasteiger partial charge in [0.15, 0.2) is 0 Å². The van der Waals surface area contributed by atoms with E-state index in [0.717, 1.165) is 5.92 Å². The van der Waals surface area contributed by atoms with Crippen LogP contribution in [0, 0.1) is 40.5 Å². The fourth-order valence-corrected chi connectivity index (χ4v) is 2.72. The van der Waals surface area contributed by atoms with Gasteiger partial charge in [0.05, 0.1) is 0 Å². The van der Waals surface area contributed by atoms with Gasteiger partial charge in [0, 0.05) is 6.04 Å². The third-order valence-corrected chi connectivity index (χ3v) is 4.52. The Morgan fingerprint density at radius 3 is 1.56 bits per heavy atom. The van der Waals surface area contributed by atoms with Crippen LogP contribution in [-0.2, 0) is 0 Å². The Morgan fingerprint density at radius 2 is 1.19 bits per heavy atom. The molecule has 0 unspecified atom stereocenters. The first kappa shape index (κ1) is 11.7. The van der Waals surface area contributed by atoms with Crippen molar-refractivity contribution in [3.8, 4) is 0 Å². The molecule has 0 saturated heterocycles. The molecule has 2 rings (SSSR count). The minimum absolute atomic E-state index is 0.262. The smallest absolute Gasteiger partial charge is 0.0328 e. The summed E-state index contributed by atoms with van der Waals surface area (Å²) in [6.45, 7) is 11.1. The first-order chi connectivity index (χ1) is 7.45. The average molecular weight is 217 g/mol. The summed E-state index contributed by atoms with van der Waals surface area (Å²) >= 11 is 0. The van der Waals surface area contributed by atoms with Gasteiger partial charge < -0.3 is 5.73 Å². The van der Waals surface area contributed by atoms with E-state index in [9.17, 15) is 0 Å². The first-order valence-electron chi connectivity index (χ1n) is 6.27. The Kier molecular flexibility index (Phi) is 2.83. The van der Waals surface area contributed by atoms with Gasteiger partial charge in [-0.1, -0.05) is 0 Å². The van der Waals surface area contributed by atoms with Gasteiger partial charge in [0.25, 0.3) is 0 Å². The van der Waals surface area contributed by atoms with Crippen molar-refractivity contribution in [1.82, 2.24) is 0 Å². The molecule has 1 atom stereocenters. The van der Waals surface area contributed by atoms with Crippen molar-refractivity contribution in [2.75, 3.05) is 0 Å². The standard InChI is InChI=1S/C15H23N/c1-8-9(2)11(4)14(12(5)10(8)3)15(16)13-6-7-13/h13,15H,6-7,16H2,1-5H3/t15-/m1/s1. The highest BCUT2D eigenvalue weighted by molar-refractivity contribution is 5.51. The predicted molar refractivity (Wildman–Crippen MR) is 69.8 cm³/mol. The summed E-state index contributed by atoms with van der Waals surface area (Å²) in [5.74, 6) is 0.735. The molecule has 0 spiro atoms. The molecule has 1 saturated carbocycles. The summed E-state index contributed by atoms with van der Waals surface area (Å²) in [5, 5.41) is 0. The largest absolute Gasteiger partial charge is 0.324 e. The fraction of sp³-hybridized carbons (Fsp3) is 0.600. The lowest BCUT2D eigenvalue weighted by Crippen LogP contribution is -2.17. The Morgan fingerprint density at radius 1 is 0.812 bits per heavy atom. The lowest BCUT2D eigenvalue weighted by atomic mass is 9.85. The van der Waals surface area contributed by atoms with E-state index in [1.165, 1.54) is 46.2 Å². The zero-order valence-electron chi connectivity index (χ0n) is 11.1. The highest BCUT2D eigenvalue weighted by Crippen LogP contribution is 2.42. The van der Waals surface area contributed by atoms with Crippen molar-refractivity contribution in [3.05, 3.63) is 33.4 Å². The van der Waals surface area contributed by atoms with E-state index in [-0.39, 0.29) is 6.04 Å². The molecule has 1 aliphatic carbocycles. The highest BCUT2D eigenvalue weighted by Gasteiger charge is 2.32. The zero-order valence-corrected chi connectivity index (χ0v) is 11.1. The van der Waals surface area contributed by atoms with Gasteiger partial charge in [-0.3, -0.25) is 0 Å². The van der Waals surface area contributed by atoms with Crippen LogP contribution in [0.25, 0.3) is 0 Å². The maximum atomic E-state index is 6.39. The monoisotopic (exact) mass is 217 g/mol. The fourth-order valence-electron chi connectivity index (χ4n) is 2.72. The van der Waals surface area contributed by atoms with E-state index in [1.54, 1.807) is 0 Å². The molecule has 0 bridgehead atoms. The van der Waals surface area contributed by atoms with E-state index in [1.807, 2.05) is 0 Å². The van der Waals surface area contributed by atoms with Crippen LogP contribution in [0.5, 0.6) is 0 Å². The Bertz CT molecular complexity index is 399. The number of hydrogen-bond acceptors (Lipinski definition) is 1. The minimum Gasteiger partial charge on any atom is -0.324 e. The molecule has 0 amide bonds. The molecule has 0 radical (unpaired) electrons. The second-order valence-electron chi connectivity index (χ2n) is 5.40. The van der Waals surface area contributed by atoms with Gasteiger partial charge in [-0.05, 0) is 86.8 Å². The van der Waals surface area contributed by atoms with E-state index in [0.29, 0.717) is 0 Å². The van der Waals surface area contributed by atoms with Crippen LogP contribution in [-0.4, -0.2) is 0 Å². The topological polar surface area (TPSA) is 26.0 Å². The van der Waals surface area contributed by atoms with E-state index in [2.05, 4.69) is 34.6 Å². The SMILES string of the molecule is Cc1c(C)c(C)c([C@H](N)C2CC2)c(C)c1C. The summed E-state index contributed by atoms with van der Waals surface area (Å²) in [5.41, 5.74) is 14.9. The maximum absolute atomic E-state index is 6.39. The Labute approximate surface area is 99.0 Å². The molecule has 1 aliphatic rings. The Hall–Kier alpha value is -0.820. The van der Waals surface area contributed by atoms with Gasteiger partial charge in [0.2, 0.25) is 0 Å². The molecule has 1 aromatic rings. The van der Waals surface area contributed by atoms with Crippen molar-refractivity contribution in [1.29, 1.82) is 0 Å². The molecule has 1 fully saturated rings. The number of hydrogen-bond donors (Lipinski definition) is 1. The number of rotatable bonds is 2. The molecule has 0 aromatic heterocycles. The molecular weight excluding hydrogens is 194 g/mol. The van der Waals surface area contributed by atoms with Crippen LogP contribution in [0.4, 0.5) is 0 Å². The van der Waals surface area contributed by atoms with Crippen LogP contribution in [0.1, 0.15) is 52.3 Å². The van der Waals surface area contributed by atoms with E-state index >= 15 is 0 Å². The van der Waals surface area contributed by atoms with Gasteiger partial charge in [-0.25, -0.2) is 0 Å². The molecule has 0 heterocycles. The number of nitrogens with two attached hydrogens (primary N) is 1. The molecule has 1 aromatic carbocycles. The average Bonchev–Trinajstić information content (AvgIpc) is 3.07. The molecule has 2 N–H and O–H groups in total. The van der Waals surface area contributed by atoms with Crippen molar-refractivity contribution in [3.63, 3.8) is 0 Å². The molecule has 1 nitrogen and oxygen atoms in total. The normalized spacial score (nSPS) is 17.6. The van der Waals surface area contributed by atoms with Crippen molar-refractivity contribution < 1.29 is 0 Å². The molecule has 16 heavy (non-hydrogen) atoms.